The van der Waals surface area contributed by atoms with E-state index in [0.717, 1.165) is 16.8 Å². The molecule has 112 valence electrons. The van der Waals surface area contributed by atoms with Gasteiger partial charge < -0.3 is 4.98 Å². The van der Waals surface area contributed by atoms with Crippen LogP contribution in [0.1, 0.15) is 5.56 Å². The third-order valence-electron chi connectivity index (χ3n) is 3.46. The van der Waals surface area contributed by atoms with E-state index in [1.165, 1.54) is 0 Å². The minimum Gasteiger partial charge on any atom is -0.345 e. The van der Waals surface area contributed by atoms with Crippen LogP contribution in [-0.4, -0.2) is 4.98 Å². The molecule has 1 N–H and O–H groups in total. The van der Waals surface area contributed by atoms with Gasteiger partial charge in [-0.25, -0.2) is 0 Å². The number of benzene rings is 2. The smallest absolute Gasteiger partial charge is 0.122 e. The molecule has 5 heteroatoms. The minimum absolute atomic E-state index is 0.384. The fourth-order valence-electron chi connectivity index (χ4n) is 2.35. The number of hydrogen-bond donors (Lipinski definition) is 1. The van der Waals surface area contributed by atoms with Crippen molar-refractivity contribution in [3.05, 3.63) is 74.8 Å². The second-order valence-electron chi connectivity index (χ2n) is 4.90. The first-order valence-corrected chi connectivity index (χ1v) is 7.95. The zero-order valence-electron chi connectivity index (χ0n) is 11.8. The van der Waals surface area contributed by atoms with Crippen molar-refractivity contribution in [1.82, 2.24) is 4.98 Å². The van der Waals surface area contributed by atoms with E-state index in [9.17, 15) is 5.26 Å². The van der Waals surface area contributed by atoms with Crippen LogP contribution in [0.3, 0.4) is 0 Å². The summed E-state index contributed by atoms with van der Waals surface area (Å²) in [5.41, 5.74) is 3.64. The van der Waals surface area contributed by atoms with Crippen molar-refractivity contribution in [3.8, 4) is 28.5 Å². The van der Waals surface area contributed by atoms with Gasteiger partial charge >= 0.3 is 0 Å². The van der Waals surface area contributed by atoms with Gasteiger partial charge in [0.05, 0.1) is 5.56 Å². The molecule has 0 radical (unpaired) electrons. The standard InChI is InChI=1S/C18H10Cl2N2S/c19-12-7-5-11(6-8-12)17-9-14(15(10-21)18(23)22-17)13-3-1-2-4-16(13)20/h1-9H,(H,22,23). The molecule has 2 nitrogen and oxygen atoms in total. The van der Waals surface area contributed by atoms with Gasteiger partial charge in [0.25, 0.3) is 0 Å². The average Bonchev–Trinajstić information content (AvgIpc) is 2.55. The van der Waals surface area contributed by atoms with E-state index in [-0.39, 0.29) is 0 Å². The van der Waals surface area contributed by atoms with Crippen molar-refractivity contribution in [2.75, 3.05) is 0 Å². The van der Waals surface area contributed by atoms with Crippen molar-refractivity contribution in [3.63, 3.8) is 0 Å². The largest absolute Gasteiger partial charge is 0.345 e. The maximum Gasteiger partial charge on any atom is 0.122 e. The summed E-state index contributed by atoms with van der Waals surface area (Å²) in [6.45, 7) is 0. The highest BCUT2D eigenvalue weighted by Gasteiger charge is 2.12. The first-order valence-electron chi connectivity index (χ1n) is 6.78. The maximum absolute atomic E-state index is 9.45. The lowest BCUT2D eigenvalue weighted by molar-refractivity contribution is 1.27. The topological polar surface area (TPSA) is 39.6 Å². The van der Waals surface area contributed by atoms with Crippen LogP contribution in [0.15, 0.2) is 54.6 Å². The van der Waals surface area contributed by atoms with Crippen LogP contribution in [0, 0.1) is 16.0 Å². The van der Waals surface area contributed by atoms with Crippen molar-refractivity contribution in [1.29, 1.82) is 5.26 Å². The summed E-state index contributed by atoms with van der Waals surface area (Å²) in [5, 5.41) is 10.7. The third kappa shape index (κ3) is 3.16. The molecule has 0 atom stereocenters. The Labute approximate surface area is 148 Å². The lowest BCUT2D eigenvalue weighted by Crippen LogP contribution is -1.93. The normalized spacial score (nSPS) is 10.3. The van der Waals surface area contributed by atoms with Gasteiger partial charge in [0, 0.05) is 26.9 Å². The van der Waals surface area contributed by atoms with Crippen LogP contribution in [0.2, 0.25) is 10.0 Å². The number of nitrogens with one attached hydrogen (secondary N) is 1. The fourth-order valence-corrected chi connectivity index (χ4v) is 2.98. The highest BCUT2D eigenvalue weighted by Crippen LogP contribution is 2.33. The van der Waals surface area contributed by atoms with Gasteiger partial charge in [-0.1, -0.05) is 65.8 Å². The first kappa shape index (κ1) is 15.8. The summed E-state index contributed by atoms with van der Waals surface area (Å²) in [4.78, 5) is 3.10. The predicted molar refractivity (Wildman–Crippen MR) is 97.2 cm³/mol. The number of H-pyrrole nitrogens is 1. The number of nitrogens with zero attached hydrogens (tertiary/aromatic N) is 1. The van der Waals surface area contributed by atoms with Gasteiger partial charge in [-0.15, -0.1) is 0 Å². The summed E-state index contributed by atoms with van der Waals surface area (Å²) < 4.78 is 0.384. The Kier molecular flexibility index (Phi) is 4.49. The van der Waals surface area contributed by atoms with E-state index in [1.54, 1.807) is 18.2 Å². The lowest BCUT2D eigenvalue weighted by Gasteiger charge is -2.10. The Balaban J connectivity index is 2.27. The zero-order chi connectivity index (χ0) is 16.4. The molecule has 3 aromatic rings. The molecule has 0 bridgehead atoms. The van der Waals surface area contributed by atoms with Crippen molar-refractivity contribution in [2.24, 2.45) is 0 Å². The van der Waals surface area contributed by atoms with Crippen LogP contribution in [0.25, 0.3) is 22.4 Å². The molecule has 0 spiro atoms. The first-order chi connectivity index (χ1) is 11.1. The zero-order valence-corrected chi connectivity index (χ0v) is 14.1. The monoisotopic (exact) mass is 356 g/mol. The summed E-state index contributed by atoms with van der Waals surface area (Å²) in [6.07, 6.45) is 0. The molecule has 0 unspecified atom stereocenters. The minimum atomic E-state index is 0.384. The molecule has 1 aromatic heterocycles. The van der Waals surface area contributed by atoms with Crippen LogP contribution < -0.4 is 0 Å². The van der Waals surface area contributed by atoms with E-state index in [0.29, 0.717) is 25.8 Å². The average molecular weight is 357 g/mol. The summed E-state index contributed by atoms with van der Waals surface area (Å²) in [7, 11) is 0. The molecule has 0 amide bonds. The molecule has 0 aliphatic rings. The lowest BCUT2D eigenvalue weighted by atomic mass is 9.99. The SMILES string of the molecule is N#Cc1c(-c2ccccc2Cl)cc(-c2ccc(Cl)cc2)[nH]c1=S. The highest BCUT2D eigenvalue weighted by molar-refractivity contribution is 7.71. The Hall–Kier alpha value is -2.12. The predicted octanol–water partition coefficient (Wildman–Crippen LogP) is 6.26. The molecule has 0 saturated carbocycles. The Morgan fingerprint density at radius 3 is 2.30 bits per heavy atom. The summed E-state index contributed by atoms with van der Waals surface area (Å²) in [6, 6.07) is 18.8. The van der Waals surface area contributed by atoms with Crippen molar-refractivity contribution >= 4 is 35.4 Å². The number of halogens is 2. The van der Waals surface area contributed by atoms with E-state index < -0.39 is 0 Å². The molecule has 0 aliphatic heterocycles. The maximum atomic E-state index is 9.45. The Bertz CT molecular complexity index is 970. The van der Waals surface area contributed by atoms with Crippen LogP contribution >= 0.6 is 35.4 Å². The van der Waals surface area contributed by atoms with Gasteiger partial charge in [0.2, 0.25) is 0 Å². The van der Waals surface area contributed by atoms with Gasteiger partial charge in [-0.3, -0.25) is 0 Å². The van der Waals surface area contributed by atoms with E-state index in [4.69, 9.17) is 35.4 Å². The second-order valence-corrected chi connectivity index (χ2v) is 6.15. The molecule has 1 heterocycles. The third-order valence-corrected chi connectivity index (χ3v) is 4.35. The molecule has 0 aliphatic carbocycles. The van der Waals surface area contributed by atoms with E-state index in [2.05, 4.69) is 11.1 Å². The number of aromatic amines is 1. The number of aromatic nitrogens is 1. The van der Waals surface area contributed by atoms with Gasteiger partial charge in [-0.2, -0.15) is 5.26 Å². The van der Waals surface area contributed by atoms with E-state index in [1.807, 2.05) is 36.4 Å². The molecule has 2 aromatic carbocycles. The highest BCUT2D eigenvalue weighted by atomic mass is 35.5. The summed E-state index contributed by atoms with van der Waals surface area (Å²) >= 11 is 17.6. The number of nitriles is 1. The number of rotatable bonds is 2. The van der Waals surface area contributed by atoms with Crippen LogP contribution in [0.4, 0.5) is 0 Å². The molecular weight excluding hydrogens is 347 g/mol. The van der Waals surface area contributed by atoms with Crippen LogP contribution in [0.5, 0.6) is 0 Å². The Morgan fingerprint density at radius 1 is 0.957 bits per heavy atom. The number of hydrogen-bond acceptors (Lipinski definition) is 2. The summed E-state index contributed by atoms with van der Waals surface area (Å²) in [5.74, 6) is 0. The fraction of sp³-hybridized carbons (Fsp3) is 0. The van der Waals surface area contributed by atoms with Gasteiger partial charge in [0.1, 0.15) is 10.7 Å². The van der Waals surface area contributed by atoms with Crippen LogP contribution in [-0.2, 0) is 0 Å². The van der Waals surface area contributed by atoms with Crippen molar-refractivity contribution in [2.45, 2.75) is 0 Å². The molecule has 0 saturated heterocycles. The van der Waals surface area contributed by atoms with E-state index >= 15 is 0 Å². The second kappa shape index (κ2) is 6.55. The van der Waals surface area contributed by atoms with Crippen molar-refractivity contribution < 1.29 is 0 Å². The molecule has 0 fully saturated rings. The number of pyridine rings is 1. The Morgan fingerprint density at radius 2 is 1.65 bits per heavy atom. The molecular formula is C18H10Cl2N2S. The van der Waals surface area contributed by atoms with Gasteiger partial charge in [-0.05, 0) is 29.8 Å². The molecule has 3 rings (SSSR count). The quantitative estimate of drug-likeness (QED) is 0.550. The molecule has 23 heavy (non-hydrogen) atoms. The van der Waals surface area contributed by atoms with Gasteiger partial charge in [0.15, 0.2) is 0 Å².